The lowest BCUT2D eigenvalue weighted by Crippen LogP contribution is -2.27. The first-order chi connectivity index (χ1) is 7.65. The van der Waals surface area contributed by atoms with Crippen LogP contribution in [0.25, 0.3) is 0 Å². The summed E-state index contributed by atoms with van der Waals surface area (Å²) in [6.45, 7) is 5.19. The highest BCUT2D eigenvalue weighted by Gasteiger charge is 2.14. The van der Waals surface area contributed by atoms with Gasteiger partial charge < -0.3 is 5.11 Å². The van der Waals surface area contributed by atoms with Crippen LogP contribution < -0.4 is 0 Å². The molecule has 0 aliphatic carbocycles. The van der Waals surface area contributed by atoms with Crippen molar-refractivity contribution in [3.63, 3.8) is 0 Å². The van der Waals surface area contributed by atoms with Crippen molar-refractivity contribution in [2.45, 2.75) is 19.9 Å². The Kier molecular flexibility index (Phi) is 5.23. The first-order valence-corrected chi connectivity index (χ1v) is 5.64. The fourth-order valence-electron chi connectivity index (χ4n) is 1.63. The molecular formula is C14H21NO. The molecule has 2 nitrogen and oxygen atoms in total. The lowest BCUT2D eigenvalue weighted by atomic mass is 10.1. The van der Waals surface area contributed by atoms with Gasteiger partial charge in [0.2, 0.25) is 0 Å². The van der Waals surface area contributed by atoms with E-state index in [1.807, 2.05) is 25.2 Å². The van der Waals surface area contributed by atoms with Crippen molar-refractivity contribution in [3.05, 3.63) is 47.5 Å². The van der Waals surface area contributed by atoms with Gasteiger partial charge >= 0.3 is 0 Å². The summed E-state index contributed by atoms with van der Waals surface area (Å²) in [5, 5.41) is 9.45. The molecule has 2 heteroatoms. The molecule has 0 aliphatic heterocycles. The Morgan fingerprint density at radius 1 is 1.31 bits per heavy atom. The molecule has 88 valence electrons. The summed E-state index contributed by atoms with van der Waals surface area (Å²) in [5.74, 6) is 0. The van der Waals surface area contributed by atoms with Crippen molar-refractivity contribution >= 4 is 0 Å². The van der Waals surface area contributed by atoms with Gasteiger partial charge in [0.05, 0.1) is 12.6 Å². The van der Waals surface area contributed by atoms with E-state index in [2.05, 4.69) is 37.0 Å². The molecule has 1 aromatic carbocycles. The highest BCUT2D eigenvalue weighted by Crippen LogP contribution is 2.18. The molecule has 1 rings (SSSR count). The maximum Gasteiger partial charge on any atom is 0.0628 e. The predicted octanol–water partition coefficient (Wildman–Crippen LogP) is 2.62. The Balaban J connectivity index is 2.71. The Morgan fingerprint density at radius 3 is 2.44 bits per heavy atom. The number of hydrogen-bond donors (Lipinski definition) is 1. The van der Waals surface area contributed by atoms with E-state index >= 15 is 0 Å². The molecule has 0 heterocycles. The predicted molar refractivity (Wildman–Crippen MR) is 68.3 cm³/mol. The molecule has 0 aromatic heterocycles. The van der Waals surface area contributed by atoms with Crippen molar-refractivity contribution in [3.8, 4) is 0 Å². The summed E-state index contributed by atoms with van der Waals surface area (Å²) >= 11 is 0. The average Bonchev–Trinajstić information content (AvgIpc) is 2.29. The zero-order chi connectivity index (χ0) is 12.0. The lowest BCUT2D eigenvalue weighted by molar-refractivity contribution is 0.158. The van der Waals surface area contributed by atoms with Gasteiger partial charge in [-0.25, -0.2) is 0 Å². The van der Waals surface area contributed by atoms with E-state index in [-0.39, 0.29) is 12.6 Å². The molecular weight excluding hydrogens is 198 g/mol. The first kappa shape index (κ1) is 12.9. The maximum absolute atomic E-state index is 9.45. The number of aliphatic hydroxyl groups is 1. The fourth-order valence-corrected chi connectivity index (χ4v) is 1.63. The summed E-state index contributed by atoms with van der Waals surface area (Å²) in [7, 11) is 2.04. The summed E-state index contributed by atoms with van der Waals surface area (Å²) in [6, 6.07) is 10.2. The summed E-state index contributed by atoms with van der Waals surface area (Å²) in [4.78, 5) is 2.16. The minimum atomic E-state index is 0.0804. The minimum absolute atomic E-state index is 0.0804. The smallest absolute Gasteiger partial charge is 0.0628 e. The van der Waals surface area contributed by atoms with Gasteiger partial charge in [0, 0.05) is 6.54 Å². The molecule has 1 N–H and O–H groups in total. The number of nitrogens with zero attached hydrogens (tertiary/aromatic N) is 1. The second-order valence-corrected chi connectivity index (χ2v) is 4.33. The SMILES string of the molecule is CC(C)=CCN(C)[C@H](CO)c1ccccc1. The highest BCUT2D eigenvalue weighted by molar-refractivity contribution is 5.19. The van der Waals surface area contributed by atoms with Gasteiger partial charge in [-0.2, -0.15) is 0 Å². The van der Waals surface area contributed by atoms with E-state index in [0.29, 0.717) is 0 Å². The van der Waals surface area contributed by atoms with E-state index in [9.17, 15) is 5.11 Å². The van der Waals surface area contributed by atoms with Crippen LogP contribution in [-0.2, 0) is 0 Å². The van der Waals surface area contributed by atoms with Gasteiger partial charge in [0.25, 0.3) is 0 Å². The lowest BCUT2D eigenvalue weighted by Gasteiger charge is -2.25. The topological polar surface area (TPSA) is 23.5 Å². The summed E-state index contributed by atoms with van der Waals surface area (Å²) in [5.41, 5.74) is 2.46. The van der Waals surface area contributed by atoms with E-state index in [1.54, 1.807) is 0 Å². The molecule has 0 bridgehead atoms. The maximum atomic E-state index is 9.45. The number of benzene rings is 1. The van der Waals surface area contributed by atoms with Gasteiger partial charge in [-0.1, -0.05) is 42.0 Å². The molecule has 0 spiro atoms. The van der Waals surface area contributed by atoms with Crippen molar-refractivity contribution in [2.75, 3.05) is 20.2 Å². The van der Waals surface area contributed by atoms with Crippen LogP contribution in [0.15, 0.2) is 42.0 Å². The highest BCUT2D eigenvalue weighted by atomic mass is 16.3. The first-order valence-electron chi connectivity index (χ1n) is 5.64. The molecule has 1 aromatic rings. The second kappa shape index (κ2) is 6.46. The van der Waals surface area contributed by atoms with Gasteiger partial charge in [0.15, 0.2) is 0 Å². The third-order valence-corrected chi connectivity index (χ3v) is 2.68. The molecule has 0 saturated heterocycles. The standard InChI is InChI=1S/C14H21NO/c1-12(2)9-10-15(3)14(11-16)13-7-5-4-6-8-13/h4-9,14,16H,10-11H2,1-3H3/t14-/m1/s1. The van der Waals surface area contributed by atoms with E-state index in [0.717, 1.165) is 12.1 Å². The van der Waals surface area contributed by atoms with Gasteiger partial charge in [-0.3, -0.25) is 4.90 Å². The van der Waals surface area contributed by atoms with Crippen molar-refractivity contribution in [2.24, 2.45) is 0 Å². The number of hydrogen-bond acceptors (Lipinski definition) is 2. The van der Waals surface area contributed by atoms with E-state index in [1.165, 1.54) is 5.57 Å². The number of rotatable bonds is 5. The summed E-state index contributed by atoms with van der Waals surface area (Å²) < 4.78 is 0. The molecule has 1 atom stereocenters. The average molecular weight is 219 g/mol. The third kappa shape index (κ3) is 3.80. The zero-order valence-corrected chi connectivity index (χ0v) is 10.4. The molecule has 0 saturated carbocycles. The van der Waals surface area contributed by atoms with Crippen LogP contribution in [0.1, 0.15) is 25.5 Å². The van der Waals surface area contributed by atoms with E-state index < -0.39 is 0 Å². The zero-order valence-electron chi connectivity index (χ0n) is 10.4. The van der Waals surface area contributed by atoms with Crippen LogP contribution in [0.4, 0.5) is 0 Å². The molecule has 0 fully saturated rings. The quantitative estimate of drug-likeness (QED) is 0.769. The summed E-state index contributed by atoms with van der Waals surface area (Å²) in [6.07, 6.45) is 2.17. The minimum Gasteiger partial charge on any atom is -0.394 e. The van der Waals surface area contributed by atoms with Crippen LogP contribution in [-0.4, -0.2) is 30.2 Å². The normalized spacial score (nSPS) is 12.6. The number of likely N-dealkylation sites (N-methyl/N-ethyl adjacent to an activating group) is 1. The largest absolute Gasteiger partial charge is 0.394 e. The second-order valence-electron chi connectivity index (χ2n) is 4.33. The Hall–Kier alpha value is -1.12. The fraction of sp³-hybridized carbons (Fsp3) is 0.429. The van der Waals surface area contributed by atoms with Crippen LogP contribution in [0.5, 0.6) is 0 Å². The van der Waals surface area contributed by atoms with Crippen LogP contribution >= 0.6 is 0 Å². The monoisotopic (exact) mass is 219 g/mol. The number of aliphatic hydroxyl groups excluding tert-OH is 1. The van der Waals surface area contributed by atoms with E-state index in [4.69, 9.17) is 0 Å². The Labute approximate surface area is 98.2 Å². The molecule has 0 unspecified atom stereocenters. The van der Waals surface area contributed by atoms with Crippen molar-refractivity contribution < 1.29 is 5.11 Å². The van der Waals surface area contributed by atoms with Crippen molar-refractivity contribution in [1.82, 2.24) is 4.90 Å². The Morgan fingerprint density at radius 2 is 1.94 bits per heavy atom. The van der Waals surface area contributed by atoms with Crippen LogP contribution in [0, 0.1) is 0 Å². The third-order valence-electron chi connectivity index (χ3n) is 2.68. The van der Waals surface area contributed by atoms with Gasteiger partial charge in [-0.15, -0.1) is 0 Å². The van der Waals surface area contributed by atoms with Crippen LogP contribution in [0.3, 0.4) is 0 Å². The Bertz CT molecular complexity index is 328. The molecule has 0 radical (unpaired) electrons. The molecule has 0 amide bonds. The number of allylic oxidation sites excluding steroid dienone is 1. The van der Waals surface area contributed by atoms with Crippen LogP contribution in [0.2, 0.25) is 0 Å². The van der Waals surface area contributed by atoms with Gasteiger partial charge in [0.1, 0.15) is 0 Å². The van der Waals surface area contributed by atoms with Gasteiger partial charge in [-0.05, 0) is 26.5 Å². The molecule has 0 aliphatic rings. The van der Waals surface area contributed by atoms with Crippen molar-refractivity contribution in [1.29, 1.82) is 0 Å². The molecule has 16 heavy (non-hydrogen) atoms.